The van der Waals surface area contributed by atoms with Crippen LogP contribution in [0, 0.1) is 5.92 Å². The maximum atomic E-state index is 4.38. The van der Waals surface area contributed by atoms with Crippen molar-refractivity contribution in [2.24, 2.45) is 5.92 Å². The zero-order valence-corrected chi connectivity index (χ0v) is 9.45. The first kappa shape index (κ1) is 10.6. The molecule has 0 bridgehead atoms. The van der Waals surface area contributed by atoms with E-state index in [4.69, 9.17) is 0 Å². The van der Waals surface area contributed by atoms with Crippen molar-refractivity contribution in [2.75, 3.05) is 6.54 Å². The summed E-state index contributed by atoms with van der Waals surface area (Å²) in [7, 11) is 0. The van der Waals surface area contributed by atoms with Gasteiger partial charge in [0, 0.05) is 24.4 Å². The van der Waals surface area contributed by atoms with Crippen LogP contribution in [-0.4, -0.2) is 17.6 Å². The van der Waals surface area contributed by atoms with Gasteiger partial charge < -0.3 is 5.32 Å². The highest BCUT2D eigenvalue weighted by Gasteiger charge is 2.20. The molecule has 0 spiro atoms. The number of nitrogens with zero attached hydrogens (tertiary/aromatic N) is 1. The van der Waals surface area contributed by atoms with Crippen molar-refractivity contribution in [3.8, 4) is 0 Å². The molecule has 1 aliphatic rings. The van der Waals surface area contributed by atoms with Crippen molar-refractivity contribution < 1.29 is 0 Å². The van der Waals surface area contributed by atoms with Gasteiger partial charge in [0.1, 0.15) is 0 Å². The van der Waals surface area contributed by atoms with Gasteiger partial charge in [-0.2, -0.15) is 0 Å². The third-order valence-electron chi connectivity index (χ3n) is 3.36. The third-order valence-corrected chi connectivity index (χ3v) is 3.36. The Balaban J connectivity index is 1.89. The zero-order chi connectivity index (χ0) is 10.5. The van der Waals surface area contributed by atoms with E-state index in [0.29, 0.717) is 6.04 Å². The molecule has 0 radical (unpaired) electrons. The van der Waals surface area contributed by atoms with Gasteiger partial charge in [-0.3, -0.25) is 4.98 Å². The summed E-state index contributed by atoms with van der Waals surface area (Å²) in [4.78, 5) is 4.38. The van der Waals surface area contributed by atoms with Gasteiger partial charge in [-0.15, -0.1) is 0 Å². The zero-order valence-electron chi connectivity index (χ0n) is 9.45. The smallest absolute Gasteiger partial charge is 0.0419 e. The van der Waals surface area contributed by atoms with E-state index in [1.54, 1.807) is 0 Å². The lowest BCUT2D eigenvalue weighted by Gasteiger charge is -2.29. The van der Waals surface area contributed by atoms with Gasteiger partial charge in [-0.1, -0.05) is 19.4 Å². The molecule has 1 aromatic heterocycles. The first-order valence-electron chi connectivity index (χ1n) is 6.01. The summed E-state index contributed by atoms with van der Waals surface area (Å²) in [5, 5.41) is 3.59. The number of rotatable bonds is 3. The number of nitrogens with one attached hydrogen (secondary N) is 1. The van der Waals surface area contributed by atoms with E-state index in [0.717, 1.165) is 12.3 Å². The topological polar surface area (TPSA) is 24.9 Å². The van der Waals surface area contributed by atoms with Gasteiger partial charge in [0.2, 0.25) is 0 Å². The Kier molecular flexibility index (Phi) is 3.73. The van der Waals surface area contributed by atoms with Crippen molar-refractivity contribution in [1.29, 1.82) is 0 Å². The predicted octanol–water partition coefficient (Wildman–Crippen LogP) is 2.40. The Labute approximate surface area is 92.1 Å². The molecule has 2 heterocycles. The molecular formula is C13H20N2. The van der Waals surface area contributed by atoms with Crippen molar-refractivity contribution in [2.45, 2.75) is 38.6 Å². The molecule has 2 nitrogen and oxygen atoms in total. The first-order chi connectivity index (χ1) is 7.38. The van der Waals surface area contributed by atoms with Crippen molar-refractivity contribution in [3.63, 3.8) is 0 Å². The van der Waals surface area contributed by atoms with Gasteiger partial charge in [0.05, 0.1) is 0 Å². The van der Waals surface area contributed by atoms with E-state index >= 15 is 0 Å². The van der Waals surface area contributed by atoms with Crippen LogP contribution in [0.5, 0.6) is 0 Å². The lowest BCUT2D eigenvalue weighted by molar-refractivity contribution is 0.293. The Bertz CT molecular complexity index is 284. The van der Waals surface area contributed by atoms with Crippen LogP contribution in [0.3, 0.4) is 0 Å². The van der Waals surface area contributed by atoms with Crippen LogP contribution in [0.4, 0.5) is 0 Å². The molecule has 1 aliphatic heterocycles. The number of aromatic nitrogens is 1. The quantitative estimate of drug-likeness (QED) is 0.818. The van der Waals surface area contributed by atoms with Crippen LogP contribution in [0.1, 0.15) is 31.9 Å². The number of hydrogen-bond donors (Lipinski definition) is 1. The van der Waals surface area contributed by atoms with Crippen molar-refractivity contribution >= 4 is 0 Å². The van der Waals surface area contributed by atoms with Gasteiger partial charge in [-0.05, 0) is 37.4 Å². The van der Waals surface area contributed by atoms with Crippen LogP contribution in [0.15, 0.2) is 24.4 Å². The molecule has 2 atom stereocenters. The molecule has 0 saturated carbocycles. The van der Waals surface area contributed by atoms with Crippen LogP contribution >= 0.6 is 0 Å². The van der Waals surface area contributed by atoms with E-state index in [9.17, 15) is 0 Å². The fraction of sp³-hybridized carbons (Fsp3) is 0.615. The van der Waals surface area contributed by atoms with Gasteiger partial charge in [0.25, 0.3) is 0 Å². The molecule has 1 N–H and O–H groups in total. The summed E-state index contributed by atoms with van der Waals surface area (Å²) in [6.07, 6.45) is 6.94. The molecule has 2 unspecified atom stereocenters. The summed E-state index contributed by atoms with van der Waals surface area (Å²) in [5.41, 5.74) is 1.21. The van der Waals surface area contributed by atoms with Crippen LogP contribution < -0.4 is 5.32 Å². The Hall–Kier alpha value is -0.890. The van der Waals surface area contributed by atoms with Crippen molar-refractivity contribution in [1.82, 2.24) is 10.3 Å². The Morgan fingerprint density at radius 1 is 1.47 bits per heavy atom. The first-order valence-corrected chi connectivity index (χ1v) is 6.01. The monoisotopic (exact) mass is 204 g/mol. The van der Waals surface area contributed by atoms with E-state index < -0.39 is 0 Å². The highest BCUT2D eigenvalue weighted by atomic mass is 14.9. The highest BCUT2D eigenvalue weighted by Crippen LogP contribution is 2.20. The minimum Gasteiger partial charge on any atom is -0.314 e. The molecule has 2 rings (SSSR count). The SMILES string of the molecule is CCC1CCNC(Cc2ccccn2)C1. The van der Waals surface area contributed by atoms with Crippen LogP contribution in [0.2, 0.25) is 0 Å². The predicted molar refractivity (Wildman–Crippen MR) is 62.7 cm³/mol. The number of hydrogen-bond acceptors (Lipinski definition) is 2. The van der Waals surface area contributed by atoms with Crippen LogP contribution in [0.25, 0.3) is 0 Å². The molecule has 82 valence electrons. The normalized spacial score (nSPS) is 26.5. The summed E-state index contributed by atoms with van der Waals surface area (Å²) in [5.74, 6) is 0.917. The summed E-state index contributed by atoms with van der Waals surface area (Å²) in [6.45, 7) is 3.48. The molecule has 0 amide bonds. The highest BCUT2D eigenvalue weighted by molar-refractivity contribution is 5.05. The minimum atomic E-state index is 0.638. The Morgan fingerprint density at radius 3 is 3.13 bits per heavy atom. The largest absolute Gasteiger partial charge is 0.314 e. The molecule has 1 aromatic rings. The van der Waals surface area contributed by atoms with E-state index in [1.165, 1.54) is 31.5 Å². The summed E-state index contributed by atoms with van der Waals surface area (Å²) >= 11 is 0. The molecule has 15 heavy (non-hydrogen) atoms. The second-order valence-corrected chi connectivity index (χ2v) is 4.47. The minimum absolute atomic E-state index is 0.638. The molecular weight excluding hydrogens is 184 g/mol. The average molecular weight is 204 g/mol. The van der Waals surface area contributed by atoms with E-state index in [1.807, 2.05) is 12.3 Å². The number of piperidine rings is 1. The lowest BCUT2D eigenvalue weighted by Crippen LogP contribution is -2.39. The summed E-state index contributed by atoms with van der Waals surface area (Å²) < 4.78 is 0. The van der Waals surface area contributed by atoms with Crippen molar-refractivity contribution in [3.05, 3.63) is 30.1 Å². The number of pyridine rings is 1. The Morgan fingerprint density at radius 2 is 2.40 bits per heavy atom. The third kappa shape index (κ3) is 3.03. The van der Waals surface area contributed by atoms with Crippen LogP contribution in [-0.2, 0) is 6.42 Å². The molecule has 0 aromatic carbocycles. The molecule has 0 aliphatic carbocycles. The average Bonchev–Trinajstić information content (AvgIpc) is 2.31. The maximum Gasteiger partial charge on any atom is 0.0419 e. The maximum absolute atomic E-state index is 4.38. The standard InChI is InChI=1S/C13H20N2/c1-2-11-6-8-15-13(9-11)10-12-5-3-4-7-14-12/h3-5,7,11,13,15H,2,6,8-10H2,1H3. The summed E-state index contributed by atoms with van der Waals surface area (Å²) in [6, 6.07) is 6.81. The fourth-order valence-electron chi connectivity index (χ4n) is 2.39. The van der Waals surface area contributed by atoms with Gasteiger partial charge in [-0.25, -0.2) is 0 Å². The fourth-order valence-corrected chi connectivity index (χ4v) is 2.39. The van der Waals surface area contributed by atoms with Gasteiger partial charge in [0.15, 0.2) is 0 Å². The molecule has 1 saturated heterocycles. The molecule has 2 heteroatoms. The van der Waals surface area contributed by atoms with Gasteiger partial charge >= 0.3 is 0 Å². The second kappa shape index (κ2) is 5.26. The van der Waals surface area contributed by atoms with E-state index in [-0.39, 0.29) is 0 Å². The molecule has 1 fully saturated rings. The lowest BCUT2D eigenvalue weighted by atomic mass is 9.88. The van der Waals surface area contributed by atoms with E-state index in [2.05, 4.69) is 29.4 Å². The second-order valence-electron chi connectivity index (χ2n) is 4.47.